The Morgan fingerprint density at radius 3 is 2.87 bits per heavy atom. The molecule has 0 bridgehead atoms. The molecule has 1 amide bonds. The average molecular weight is 291 g/mol. The lowest BCUT2D eigenvalue weighted by Crippen LogP contribution is -2.35. The van der Waals surface area contributed by atoms with Gasteiger partial charge >= 0.3 is 0 Å². The number of carbonyl (C=O) groups excluding carboxylic acids is 1. The number of thioether (sulfide) groups is 1. The fourth-order valence-corrected chi connectivity index (χ4v) is 2.45. The molecule has 0 aliphatic carbocycles. The summed E-state index contributed by atoms with van der Waals surface area (Å²) in [6, 6.07) is 2.02. The van der Waals surface area contributed by atoms with Gasteiger partial charge in [0, 0.05) is 29.5 Å². The largest absolute Gasteiger partial charge is 0.347 e. The van der Waals surface area contributed by atoms with Crippen LogP contribution in [-0.2, 0) is 7.05 Å². The summed E-state index contributed by atoms with van der Waals surface area (Å²) in [7, 11) is 1.86. The summed E-state index contributed by atoms with van der Waals surface area (Å²) in [5, 5.41) is 2.95. The van der Waals surface area contributed by atoms with Gasteiger partial charge in [0.1, 0.15) is 5.69 Å². The molecule has 1 aromatic heterocycles. The second-order valence-corrected chi connectivity index (χ2v) is 5.31. The number of carbonyl (C=O) groups is 1. The van der Waals surface area contributed by atoms with Crippen molar-refractivity contribution in [2.45, 2.75) is 13.0 Å². The van der Waals surface area contributed by atoms with Gasteiger partial charge < -0.3 is 9.88 Å². The maximum absolute atomic E-state index is 11.8. The third-order valence-electron chi connectivity index (χ3n) is 2.00. The van der Waals surface area contributed by atoms with Gasteiger partial charge in [-0.05, 0) is 35.2 Å². The summed E-state index contributed by atoms with van der Waals surface area (Å²) < 4.78 is 2.73. The molecule has 1 unspecified atom stereocenters. The van der Waals surface area contributed by atoms with E-state index in [2.05, 4.69) is 21.2 Å². The minimum absolute atomic E-state index is 0.0234. The van der Waals surface area contributed by atoms with Crippen LogP contribution >= 0.6 is 27.7 Å². The maximum atomic E-state index is 11.8. The Morgan fingerprint density at radius 2 is 2.40 bits per heavy atom. The Hall–Kier alpha value is -0.420. The van der Waals surface area contributed by atoms with Crippen molar-refractivity contribution in [3.05, 3.63) is 22.4 Å². The quantitative estimate of drug-likeness (QED) is 0.923. The van der Waals surface area contributed by atoms with Gasteiger partial charge in [-0.15, -0.1) is 0 Å². The van der Waals surface area contributed by atoms with Crippen LogP contribution in [0.5, 0.6) is 0 Å². The summed E-state index contributed by atoms with van der Waals surface area (Å²) in [5.74, 6) is 0.905. The van der Waals surface area contributed by atoms with Crippen LogP contribution in [0.3, 0.4) is 0 Å². The lowest BCUT2D eigenvalue weighted by molar-refractivity contribution is 0.0935. The number of nitrogens with one attached hydrogen (secondary N) is 1. The highest BCUT2D eigenvalue weighted by Gasteiger charge is 2.12. The van der Waals surface area contributed by atoms with E-state index in [4.69, 9.17) is 0 Å². The first-order chi connectivity index (χ1) is 7.04. The van der Waals surface area contributed by atoms with Gasteiger partial charge in [0.25, 0.3) is 5.91 Å². The molecule has 0 radical (unpaired) electrons. The number of halogens is 1. The van der Waals surface area contributed by atoms with Crippen LogP contribution < -0.4 is 5.32 Å². The van der Waals surface area contributed by atoms with Gasteiger partial charge in [0.2, 0.25) is 0 Å². The minimum atomic E-state index is -0.0234. The molecule has 0 spiro atoms. The number of rotatable bonds is 4. The molecule has 0 saturated heterocycles. The Labute approximate surface area is 103 Å². The van der Waals surface area contributed by atoms with Crippen LogP contribution in [0.2, 0.25) is 0 Å². The van der Waals surface area contributed by atoms with Gasteiger partial charge in [-0.2, -0.15) is 11.8 Å². The molecule has 84 valence electrons. The maximum Gasteiger partial charge on any atom is 0.268 e. The fourth-order valence-electron chi connectivity index (χ4n) is 1.34. The van der Waals surface area contributed by atoms with Crippen LogP contribution in [0.15, 0.2) is 16.7 Å². The fraction of sp³-hybridized carbons (Fsp3) is 0.500. The number of nitrogens with zero attached hydrogens (tertiary/aromatic N) is 1. The summed E-state index contributed by atoms with van der Waals surface area (Å²) in [4.78, 5) is 11.8. The minimum Gasteiger partial charge on any atom is -0.347 e. The molecular weight excluding hydrogens is 276 g/mol. The lowest BCUT2D eigenvalue weighted by Gasteiger charge is -2.12. The van der Waals surface area contributed by atoms with E-state index in [9.17, 15) is 4.79 Å². The number of hydrogen-bond acceptors (Lipinski definition) is 2. The van der Waals surface area contributed by atoms with Crippen LogP contribution in [-0.4, -0.2) is 28.5 Å². The van der Waals surface area contributed by atoms with Crippen molar-refractivity contribution in [1.82, 2.24) is 9.88 Å². The van der Waals surface area contributed by atoms with E-state index in [0.29, 0.717) is 5.69 Å². The van der Waals surface area contributed by atoms with Gasteiger partial charge in [-0.25, -0.2) is 0 Å². The molecule has 0 aliphatic rings. The monoisotopic (exact) mass is 290 g/mol. The van der Waals surface area contributed by atoms with Gasteiger partial charge in [0.15, 0.2) is 0 Å². The zero-order valence-corrected chi connectivity index (χ0v) is 11.5. The van der Waals surface area contributed by atoms with E-state index >= 15 is 0 Å². The molecule has 0 aliphatic heterocycles. The van der Waals surface area contributed by atoms with E-state index in [1.54, 1.807) is 11.8 Å². The number of hydrogen-bond donors (Lipinski definition) is 1. The second kappa shape index (κ2) is 5.61. The predicted molar refractivity (Wildman–Crippen MR) is 68.4 cm³/mol. The van der Waals surface area contributed by atoms with Gasteiger partial charge in [-0.1, -0.05) is 0 Å². The van der Waals surface area contributed by atoms with E-state index in [1.807, 2.05) is 37.1 Å². The van der Waals surface area contributed by atoms with Crippen molar-refractivity contribution in [3.63, 3.8) is 0 Å². The van der Waals surface area contributed by atoms with Gasteiger partial charge in [0.05, 0.1) is 0 Å². The molecule has 5 heteroatoms. The first-order valence-corrected chi connectivity index (χ1v) is 6.85. The molecule has 1 rings (SSSR count). The third-order valence-corrected chi connectivity index (χ3v) is 3.27. The Bertz CT molecular complexity index is 351. The second-order valence-electron chi connectivity index (χ2n) is 3.48. The van der Waals surface area contributed by atoms with E-state index in [0.717, 1.165) is 10.2 Å². The number of aryl methyl sites for hydroxylation is 1. The van der Waals surface area contributed by atoms with Crippen LogP contribution in [0.25, 0.3) is 0 Å². The molecule has 3 nitrogen and oxygen atoms in total. The Kier molecular flexibility index (Phi) is 4.73. The summed E-state index contributed by atoms with van der Waals surface area (Å²) in [6.07, 6.45) is 3.90. The molecule has 0 fully saturated rings. The van der Waals surface area contributed by atoms with E-state index in [-0.39, 0.29) is 11.9 Å². The third kappa shape index (κ3) is 3.57. The molecule has 15 heavy (non-hydrogen) atoms. The molecule has 0 saturated carbocycles. The summed E-state index contributed by atoms with van der Waals surface area (Å²) in [6.45, 7) is 2.01. The van der Waals surface area contributed by atoms with Crippen molar-refractivity contribution >= 4 is 33.6 Å². The molecular formula is C10H15BrN2OS. The first kappa shape index (κ1) is 12.6. The first-order valence-electron chi connectivity index (χ1n) is 4.66. The van der Waals surface area contributed by atoms with Crippen LogP contribution in [0.1, 0.15) is 17.4 Å². The van der Waals surface area contributed by atoms with Crippen molar-refractivity contribution in [1.29, 1.82) is 0 Å². The highest BCUT2D eigenvalue weighted by molar-refractivity contribution is 9.10. The van der Waals surface area contributed by atoms with Crippen molar-refractivity contribution in [2.75, 3.05) is 12.0 Å². The lowest BCUT2D eigenvalue weighted by atomic mass is 10.3. The molecule has 1 atom stereocenters. The molecule has 0 aromatic carbocycles. The number of aromatic nitrogens is 1. The number of amides is 1. The van der Waals surface area contributed by atoms with Crippen molar-refractivity contribution in [2.24, 2.45) is 7.05 Å². The zero-order valence-electron chi connectivity index (χ0n) is 9.08. The van der Waals surface area contributed by atoms with Crippen molar-refractivity contribution < 1.29 is 4.79 Å². The topological polar surface area (TPSA) is 34.0 Å². The molecule has 1 aromatic rings. The summed E-state index contributed by atoms with van der Waals surface area (Å²) >= 11 is 5.07. The van der Waals surface area contributed by atoms with E-state index in [1.165, 1.54) is 0 Å². The summed E-state index contributed by atoms with van der Waals surface area (Å²) in [5.41, 5.74) is 0.676. The predicted octanol–water partition coefficient (Wildman–Crippen LogP) is 2.27. The van der Waals surface area contributed by atoms with Crippen molar-refractivity contribution in [3.8, 4) is 0 Å². The van der Waals surface area contributed by atoms with Crippen LogP contribution in [0, 0.1) is 0 Å². The SMILES string of the molecule is CSCC(C)NC(=O)c1cc(Br)cn1C. The van der Waals surface area contributed by atoms with E-state index < -0.39 is 0 Å². The molecule has 1 N–H and O–H groups in total. The van der Waals surface area contributed by atoms with Crippen LogP contribution in [0.4, 0.5) is 0 Å². The normalized spacial score (nSPS) is 12.5. The average Bonchev–Trinajstić information content (AvgIpc) is 2.45. The Balaban J connectivity index is 2.65. The zero-order chi connectivity index (χ0) is 11.4. The molecule has 1 heterocycles. The highest BCUT2D eigenvalue weighted by atomic mass is 79.9. The smallest absolute Gasteiger partial charge is 0.268 e. The highest BCUT2D eigenvalue weighted by Crippen LogP contribution is 2.13. The standard InChI is InChI=1S/C10H15BrN2OS/c1-7(6-15-3)12-10(14)9-4-8(11)5-13(9)2/h4-5,7H,6H2,1-3H3,(H,12,14). The van der Waals surface area contributed by atoms with Gasteiger partial charge in [-0.3, -0.25) is 4.79 Å². The Morgan fingerprint density at radius 1 is 1.73 bits per heavy atom.